The van der Waals surface area contributed by atoms with Gasteiger partial charge in [-0.25, -0.2) is 0 Å². The van der Waals surface area contributed by atoms with E-state index in [1.54, 1.807) is 0 Å². The van der Waals surface area contributed by atoms with Gasteiger partial charge in [-0.05, 0) is 43.4 Å². The van der Waals surface area contributed by atoms with Crippen LogP contribution >= 0.6 is 12.4 Å². The molecule has 0 bridgehead atoms. The van der Waals surface area contributed by atoms with E-state index in [0.717, 1.165) is 63.8 Å². The van der Waals surface area contributed by atoms with Crippen molar-refractivity contribution in [3.05, 3.63) is 0 Å². The first-order chi connectivity index (χ1) is 9.09. The quantitative estimate of drug-likeness (QED) is 0.868. The third-order valence-electron chi connectivity index (χ3n) is 4.85. The number of likely N-dealkylation sites (tertiary alicyclic amines) is 1. The van der Waals surface area contributed by atoms with Crippen molar-refractivity contribution in [2.45, 2.75) is 45.6 Å². The van der Waals surface area contributed by atoms with E-state index in [1.807, 2.05) is 4.90 Å². The van der Waals surface area contributed by atoms with Crippen LogP contribution in [-0.2, 0) is 9.53 Å². The zero-order chi connectivity index (χ0) is 13.8. The van der Waals surface area contributed by atoms with Crippen LogP contribution in [0.1, 0.15) is 39.5 Å². The summed E-state index contributed by atoms with van der Waals surface area (Å²) in [5.74, 6) is 1.96. The molecule has 4 nitrogen and oxygen atoms in total. The van der Waals surface area contributed by atoms with Crippen LogP contribution in [-0.4, -0.2) is 43.2 Å². The van der Waals surface area contributed by atoms with Crippen LogP contribution in [0.3, 0.4) is 0 Å². The first-order valence-electron chi connectivity index (χ1n) is 7.71. The van der Waals surface area contributed by atoms with E-state index in [-0.39, 0.29) is 24.4 Å². The highest BCUT2D eigenvalue weighted by atomic mass is 35.5. The molecule has 2 N–H and O–H groups in total. The summed E-state index contributed by atoms with van der Waals surface area (Å²) in [4.78, 5) is 14.4. The molecule has 0 aromatic carbocycles. The molecule has 20 heavy (non-hydrogen) atoms. The number of rotatable bonds is 3. The van der Waals surface area contributed by atoms with Gasteiger partial charge in [0.1, 0.15) is 0 Å². The van der Waals surface area contributed by atoms with Crippen molar-refractivity contribution in [3.8, 4) is 0 Å². The fraction of sp³-hybridized carbons (Fsp3) is 0.933. The molecular formula is C15H29ClN2O2. The van der Waals surface area contributed by atoms with Gasteiger partial charge < -0.3 is 15.4 Å². The Hall–Kier alpha value is -0.320. The lowest BCUT2D eigenvalue weighted by Crippen LogP contribution is -2.51. The number of carbonyl (C=O) groups is 1. The molecule has 5 heteroatoms. The van der Waals surface area contributed by atoms with E-state index in [9.17, 15) is 4.79 Å². The van der Waals surface area contributed by atoms with Gasteiger partial charge in [0.15, 0.2) is 0 Å². The molecule has 2 saturated heterocycles. The minimum atomic E-state index is -0.320. The average molecular weight is 305 g/mol. The molecule has 2 fully saturated rings. The molecule has 2 heterocycles. The maximum atomic E-state index is 12.4. The number of nitrogens with two attached hydrogens (primary N) is 1. The van der Waals surface area contributed by atoms with Crippen molar-refractivity contribution in [2.24, 2.45) is 23.5 Å². The number of carbonyl (C=O) groups excluding carboxylic acids is 1. The highest BCUT2D eigenvalue weighted by Gasteiger charge is 2.32. The molecule has 2 rings (SSSR count). The SMILES string of the molecule is CC(C)C1CCN(C(=O)C(N)C2CCOCC2)CC1.Cl. The molecule has 0 aromatic rings. The maximum absolute atomic E-state index is 12.4. The first kappa shape index (κ1) is 17.7. The Kier molecular flexibility index (Phi) is 7.27. The van der Waals surface area contributed by atoms with Gasteiger partial charge in [-0.2, -0.15) is 0 Å². The third-order valence-corrected chi connectivity index (χ3v) is 4.85. The number of nitrogens with zero attached hydrogens (tertiary/aromatic N) is 1. The molecular weight excluding hydrogens is 276 g/mol. The number of hydrogen-bond donors (Lipinski definition) is 1. The van der Waals surface area contributed by atoms with E-state index in [1.165, 1.54) is 0 Å². The Bertz CT molecular complexity index is 298. The Labute approximate surface area is 128 Å². The monoisotopic (exact) mass is 304 g/mol. The molecule has 2 aliphatic rings. The van der Waals surface area contributed by atoms with Crippen molar-refractivity contribution in [1.29, 1.82) is 0 Å². The number of piperidine rings is 1. The lowest BCUT2D eigenvalue weighted by Gasteiger charge is -2.37. The highest BCUT2D eigenvalue weighted by Crippen LogP contribution is 2.26. The van der Waals surface area contributed by atoms with Gasteiger partial charge in [0, 0.05) is 26.3 Å². The molecule has 0 aromatic heterocycles. The summed E-state index contributed by atoms with van der Waals surface area (Å²) in [5, 5.41) is 0. The van der Waals surface area contributed by atoms with Gasteiger partial charge in [0.25, 0.3) is 0 Å². The van der Waals surface area contributed by atoms with E-state index in [2.05, 4.69) is 13.8 Å². The first-order valence-corrected chi connectivity index (χ1v) is 7.71. The zero-order valence-corrected chi connectivity index (χ0v) is 13.5. The van der Waals surface area contributed by atoms with Crippen LogP contribution in [0, 0.1) is 17.8 Å². The molecule has 0 radical (unpaired) electrons. The molecule has 0 spiro atoms. The number of hydrogen-bond acceptors (Lipinski definition) is 3. The highest BCUT2D eigenvalue weighted by molar-refractivity contribution is 5.85. The van der Waals surface area contributed by atoms with Crippen LogP contribution in [0.25, 0.3) is 0 Å². The maximum Gasteiger partial charge on any atom is 0.239 e. The van der Waals surface area contributed by atoms with E-state index < -0.39 is 0 Å². The van der Waals surface area contributed by atoms with Crippen molar-refractivity contribution < 1.29 is 9.53 Å². The summed E-state index contributed by atoms with van der Waals surface area (Å²) in [5.41, 5.74) is 6.17. The Morgan fingerprint density at radius 1 is 1.10 bits per heavy atom. The topological polar surface area (TPSA) is 55.6 Å². The molecule has 1 unspecified atom stereocenters. The average Bonchev–Trinajstić information content (AvgIpc) is 2.46. The fourth-order valence-electron chi connectivity index (χ4n) is 3.27. The normalized spacial score (nSPS) is 23.5. The Morgan fingerprint density at radius 3 is 2.15 bits per heavy atom. The fourth-order valence-corrected chi connectivity index (χ4v) is 3.27. The van der Waals surface area contributed by atoms with Crippen LogP contribution in [0.2, 0.25) is 0 Å². The van der Waals surface area contributed by atoms with Gasteiger partial charge >= 0.3 is 0 Å². The summed E-state index contributed by atoms with van der Waals surface area (Å²) >= 11 is 0. The van der Waals surface area contributed by atoms with Crippen LogP contribution in [0.4, 0.5) is 0 Å². The minimum Gasteiger partial charge on any atom is -0.381 e. The third kappa shape index (κ3) is 4.34. The second-order valence-corrected chi connectivity index (χ2v) is 6.38. The van der Waals surface area contributed by atoms with Crippen molar-refractivity contribution in [1.82, 2.24) is 4.90 Å². The second kappa shape index (κ2) is 8.20. The predicted molar refractivity (Wildman–Crippen MR) is 82.9 cm³/mol. The molecule has 118 valence electrons. The Morgan fingerprint density at radius 2 is 1.65 bits per heavy atom. The molecule has 1 amide bonds. The van der Waals surface area contributed by atoms with Crippen LogP contribution in [0.5, 0.6) is 0 Å². The molecule has 1 atom stereocenters. The van der Waals surface area contributed by atoms with Crippen molar-refractivity contribution in [3.63, 3.8) is 0 Å². The van der Waals surface area contributed by atoms with Gasteiger partial charge in [0.05, 0.1) is 6.04 Å². The lowest BCUT2D eigenvalue weighted by atomic mass is 9.85. The number of amides is 1. The van der Waals surface area contributed by atoms with E-state index >= 15 is 0 Å². The van der Waals surface area contributed by atoms with E-state index in [0.29, 0.717) is 5.92 Å². The van der Waals surface area contributed by atoms with Gasteiger partial charge in [-0.3, -0.25) is 4.79 Å². The standard InChI is InChI=1S/C15H28N2O2.ClH/c1-11(2)12-3-7-17(8-4-12)15(18)14(16)13-5-9-19-10-6-13;/h11-14H,3-10,16H2,1-2H3;1H. The summed E-state index contributed by atoms with van der Waals surface area (Å²) in [6.45, 7) is 7.82. The summed E-state index contributed by atoms with van der Waals surface area (Å²) in [7, 11) is 0. The summed E-state index contributed by atoms with van der Waals surface area (Å²) < 4.78 is 5.34. The number of halogens is 1. The Balaban J connectivity index is 0.00000200. The van der Waals surface area contributed by atoms with Crippen LogP contribution in [0.15, 0.2) is 0 Å². The van der Waals surface area contributed by atoms with Gasteiger partial charge in [-0.15, -0.1) is 12.4 Å². The zero-order valence-electron chi connectivity index (χ0n) is 12.7. The number of ether oxygens (including phenoxy) is 1. The lowest BCUT2D eigenvalue weighted by molar-refractivity contribution is -0.136. The molecule has 0 aliphatic carbocycles. The molecule has 0 saturated carbocycles. The predicted octanol–water partition coefficient (Wildman–Crippen LogP) is 2.06. The summed E-state index contributed by atoms with van der Waals surface area (Å²) in [6, 6.07) is -0.320. The smallest absolute Gasteiger partial charge is 0.239 e. The minimum absolute atomic E-state index is 0. The van der Waals surface area contributed by atoms with Crippen molar-refractivity contribution in [2.75, 3.05) is 26.3 Å². The van der Waals surface area contributed by atoms with Gasteiger partial charge in [0.2, 0.25) is 5.91 Å². The van der Waals surface area contributed by atoms with Crippen molar-refractivity contribution >= 4 is 18.3 Å². The largest absolute Gasteiger partial charge is 0.381 e. The van der Waals surface area contributed by atoms with Gasteiger partial charge in [-0.1, -0.05) is 13.8 Å². The summed E-state index contributed by atoms with van der Waals surface area (Å²) in [6.07, 6.45) is 4.11. The van der Waals surface area contributed by atoms with E-state index in [4.69, 9.17) is 10.5 Å². The second-order valence-electron chi connectivity index (χ2n) is 6.38. The van der Waals surface area contributed by atoms with Crippen LogP contribution < -0.4 is 5.73 Å². The molecule has 2 aliphatic heterocycles.